The fourth-order valence-corrected chi connectivity index (χ4v) is 2.24. The smallest absolute Gasteiger partial charge is 0.134 e. The lowest BCUT2D eigenvalue weighted by molar-refractivity contribution is 0.504. The predicted molar refractivity (Wildman–Crippen MR) is 65.4 cm³/mol. The normalized spacial score (nSPS) is 17.9. The number of furan rings is 1. The zero-order valence-corrected chi connectivity index (χ0v) is 9.62. The molecule has 1 saturated carbocycles. The van der Waals surface area contributed by atoms with Crippen molar-refractivity contribution >= 4 is 11.0 Å². The summed E-state index contributed by atoms with van der Waals surface area (Å²) in [6.07, 6.45) is 4.36. The van der Waals surface area contributed by atoms with Crippen molar-refractivity contribution in [3.8, 4) is 0 Å². The van der Waals surface area contributed by atoms with Crippen LogP contribution in [0.5, 0.6) is 0 Å². The van der Waals surface area contributed by atoms with Crippen LogP contribution in [0.3, 0.4) is 0 Å². The summed E-state index contributed by atoms with van der Waals surface area (Å²) in [7, 11) is 0. The third-order valence-electron chi connectivity index (χ3n) is 3.68. The number of rotatable bonds is 3. The average Bonchev–Trinajstić information content (AvgIpc) is 2.94. The second kappa shape index (κ2) is 3.36. The van der Waals surface area contributed by atoms with Gasteiger partial charge in [0.05, 0.1) is 0 Å². The van der Waals surface area contributed by atoms with E-state index in [0.29, 0.717) is 0 Å². The molecule has 0 bridgehead atoms. The molecular weight excluding hydrogens is 198 g/mol. The molecule has 0 aliphatic heterocycles. The number of hydrogen-bond donors (Lipinski definition) is 1. The average molecular weight is 215 g/mol. The Morgan fingerprint density at radius 1 is 1.31 bits per heavy atom. The molecule has 2 heteroatoms. The highest BCUT2D eigenvalue weighted by atomic mass is 16.3. The molecule has 1 aliphatic rings. The second-order valence-electron chi connectivity index (χ2n) is 5.01. The molecule has 0 amide bonds. The quantitative estimate of drug-likeness (QED) is 0.854. The molecular formula is C14H17NO. The van der Waals surface area contributed by atoms with E-state index < -0.39 is 0 Å². The summed E-state index contributed by atoms with van der Waals surface area (Å²) in [5.74, 6) is 1.11. The van der Waals surface area contributed by atoms with Crippen LogP contribution in [0.4, 0.5) is 0 Å². The first-order valence-corrected chi connectivity index (χ1v) is 5.94. The highest BCUT2D eigenvalue weighted by Gasteiger charge is 2.37. The molecule has 1 aromatic heterocycles. The van der Waals surface area contributed by atoms with Crippen LogP contribution >= 0.6 is 0 Å². The minimum absolute atomic E-state index is 0.116. The molecule has 3 rings (SSSR count). The Hall–Kier alpha value is -1.28. The Kier molecular flexibility index (Phi) is 2.08. The van der Waals surface area contributed by atoms with Crippen molar-refractivity contribution < 1.29 is 4.42 Å². The highest BCUT2D eigenvalue weighted by Crippen LogP contribution is 2.37. The maximum atomic E-state index is 6.10. The number of nitrogens with two attached hydrogens (primary N) is 1. The summed E-state index contributed by atoms with van der Waals surface area (Å²) < 4.78 is 5.87. The fourth-order valence-electron chi connectivity index (χ4n) is 2.24. The maximum Gasteiger partial charge on any atom is 0.134 e. The number of hydrogen-bond acceptors (Lipinski definition) is 2. The van der Waals surface area contributed by atoms with Crippen molar-refractivity contribution in [1.29, 1.82) is 0 Å². The van der Waals surface area contributed by atoms with Crippen LogP contribution in [-0.4, -0.2) is 5.54 Å². The third-order valence-corrected chi connectivity index (χ3v) is 3.68. The maximum absolute atomic E-state index is 6.10. The zero-order valence-electron chi connectivity index (χ0n) is 9.62. The van der Waals surface area contributed by atoms with Gasteiger partial charge in [-0.3, -0.25) is 0 Å². The molecule has 0 radical (unpaired) electrons. The van der Waals surface area contributed by atoms with Gasteiger partial charge in [0.25, 0.3) is 0 Å². The molecule has 2 N–H and O–H groups in total. The van der Waals surface area contributed by atoms with Crippen molar-refractivity contribution in [2.75, 3.05) is 0 Å². The molecule has 1 fully saturated rings. The van der Waals surface area contributed by atoms with E-state index in [1.54, 1.807) is 0 Å². The molecule has 0 spiro atoms. The van der Waals surface area contributed by atoms with Crippen molar-refractivity contribution in [3.05, 3.63) is 35.6 Å². The lowest BCUT2D eigenvalue weighted by atomic mass is 10.1. The molecule has 2 aromatic rings. The molecule has 16 heavy (non-hydrogen) atoms. The zero-order chi connectivity index (χ0) is 11.2. The van der Waals surface area contributed by atoms with Gasteiger partial charge in [-0.1, -0.05) is 18.2 Å². The van der Waals surface area contributed by atoms with Crippen LogP contribution in [0, 0.1) is 6.92 Å². The van der Waals surface area contributed by atoms with Gasteiger partial charge in [-0.2, -0.15) is 0 Å². The van der Waals surface area contributed by atoms with E-state index in [9.17, 15) is 0 Å². The summed E-state index contributed by atoms with van der Waals surface area (Å²) in [5, 5.41) is 1.24. The molecule has 0 unspecified atom stereocenters. The topological polar surface area (TPSA) is 39.2 Å². The number of benzene rings is 1. The Balaban J connectivity index is 1.88. The summed E-state index contributed by atoms with van der Waals surface area (Å²) in [6.45, 7) is 2.14. The molecule has 1 aliphatic carbocycles. The molecule has 1 aromatic carbocycles. The largest absolute Gasteiger partial charge is 0.461 e. The molecule has 0 saturated heterocycles. The summed E-state index contributed by atoms with van der Waals surface area (Å²) in [4.78, 5) is 0. The van der Waals surface area contributed by atoms with Gasteiger partial charge >= 0.3 is 0 Å². The van der Waals surface area contributed by atoms with E-state index in [2.05, 4.69) is 19.1 Å². The van der Waals surface area contributed by atoms with Crippen molar-refractivity contribution in [3.63, 3.8) is 0 Å². The Morgan fingerprint density at radius 3 is 2.75 bits per heavy atom. The molecule has 84 valence electrons. The van der Waals surface area contributed by atoms with Gasteiger partial charge in [-0.25, -0.2) is 0 Å². The van der Waals surface area contributed by atoms with E-state index in [1.807, 2.05) is 12.1 Å². The summed E-state index contributed by atoms with van der Waals surface area (Å²) >= 11 is 0. The molecule has 1 heterocycles. The van der Waals surface area contributed by atoms with Gasteiger partial charge in [0.1, 0.15) is 11.3 Å². The number of fused-ring (bicyclic) bond motifs is 1. The van der Waals surface area contributed by atoms with Crippen LogP contribution in [0.15, 0.2) is 28.7 Å². The predicted octanol–water partition coefficient (Wildman–Crippen LogP) is 3.17. The van der Waals surface area contributed by atoms with Crippen molar-refractivity contribution in [1.82, 2.24) is 0 Å². The van der Waals surface area contributed by atoms with Crippen LogP contribution in [0.2, 0.25) is 0 Å². The Labute approximate surface area is 95.4 Å². The lowest BCUT2D eigenvalue weighted by Crippen LogP contribution is -2.22. The highest BCUT2D eigenvalue weighted by molar-refractivity contribution is 5.81. The van der Waals surface area contributed by atoms with E-state index in [0.717, 1.165) is 24.2 Å². The fraction of sp³-hybridized carbons (Fsp3) is 0.429. The van der Waals surface area contributed by atoms with E-state index in [4.69, 9.17) is 10.2 Å². The molecule has 0 atom stereocenters. The van der Waals surface area contributed by atoms with Gasteiger partial charge in [0.2, 0.25) is 0 Å². The first kappa shape index (κ1) is 9.91. The second-order valence-corrected chi connectivity index (χ2v) is 5.01. The van der Waals surface area contributed by atoms with Crippen LogP contribution in [0.1, 0.15) is 30.6 Å². The summed E-state index contributed by atoms with van der Waals surface area (Å²) in [6, 6.07) is 8.22. The van der Waals surface area contributed by atoms with E-state index in [-0.39, 0.29) is 5.54 Å². The monoisotopic (exact) mass is 215 g/mol. The van der Waals surface area contributed by atoms with Crippen molar-refractivity contribution in [2.24, 2.45) is 5.73 Å². The SMILES string of the molecule is Cc1c(CCC2(N)CC2)oc2ccccc12. The Morgan fingerprint density at radius 2 is 2.06 bits per heavy atom. The first-order chi connectivity index (χ1) is 7.68. The number of para-hydroxylation sites is 1. The minimum atomic E-state index is 0.116. The van der Waals surface area contributed by atoms with Gasteiger partial charge < -0.3 is 10.2 Å². The van der Waals surface area contributed by atoms with E-state index in [1.165, 1.54) is 23.8 Å². The first-order valence-electron chi connectivity index (χ1n) is 5.94. The van der Waals surface area contributed by atoms with Gasteiger partial charge in [0.15, 0.2) is 0 Å². The van der Waals surface area contributed by atoms with Gasteiger partial charge in [-0.05, 0) is 37.8 Å². The van der Waals surface area contributed by atoms with Crippen LogP contribution < -0.4 is 5.73 Å². The van der Waals surface area contributed by atoms with Gasteiger partial charge in [-0.15, -0.1) is 0 Å². The minimum Gasteiger partial charge on any atom is -0.461 e. The Bertz CT molecular complexity index is 523. The van der Waals surface area contributed by atoms with Crippen LogP contribution in [-0.2, 0) is 6.42 Å². The van der Waals surface area contributed by atoms with Gasteiger partial charge in [0, 0.05) is 17.3 Å². The summed E-state index contributed by atoms with van der Waals surface area (Å²) in [5.41, 5.74) is 8.49. The van der Waals surface area contributed by atoms with E-state index >= 15 is 0 Å². The number of aryl methyl sites for hydroxylation is 2. The molecule has 2 nitrogen and oxygen atoms in total. The van der Waals surface area contributed by atoms with Crippen LogP contribution in [0.25, 0.3) is 11.0 Å². The lowest BCUT2D eigenvalue weighted by Gasteiger charge is -2.06. The van der Waals surface area contributed by atoms with Crippen molar-refractivity contribution in [2.45, 2.75) is 38.1 Å². The standard InChI is InChI=1S/C14H17NO/c1-10-11-4-2-3-5-13(11)16-12(10)6-7-14(15)8-9-14/h2-5H,6-9,15H2,1H3. The third kappa shape index (κ3) is 1.63.